The summed E-state index contributed by atoms with van der Waals surface area (Å²) in [7, 11) is 0. The number of halogens is 4. The second kappa shape index (κ2) is 9.71. The summed E-state index contributed by atoms with van der Waals surface area (Å²) < 4.78 is 61.2. The fraction of sp³-hybridized carbons (Fsp3) is 0.133. The molecule has 1 N–H and O–H groups in total. The van der Waals surface area contributed by atoms with E-state index in [-0.39, 0.29) is 15.9 Å². The lowest BCUT2D eigenvalue weighted by atomic mass is 9.99. The van der Waals surface area contributed by atoms with Gasteiger partial charge >= 0.3 is 11.8 Å². The molecule has 0 atom stereocenters. The van der Waals surface area contributed by atoms with Crippen molar-refractivity contribution in [1.82, 2.24) is 4.57 Å². The van der Waals surface area contributed by atoms with Gasteiger partial charge in [-0.15, -0.1) is 0 Å². The van der Waals surface area contributed by atoms with Crippen LogP contribution in [0, 0.1) is 5.82 Å². The fourth-order valence-electron chi connectivity index (χ4n) is 5.10. The zero-order valence-corrected chi connectivity index (χ0v) is 21.4. The summed E-state index contributed by atoms with van der Waals surface area (Å²) >= 11 is 0.574. The normalized spacial score (nSPS) is 13.1. The summed E-state index contributed by atoms with van der Waals surface area (Å²) in [5, 5.41) is 11.0. The van der Waals surface area contributed by atoms with Gasteiger partial charge < -0.3 is 9.52 Å². The van der Waals surface area contributed by atoms with E-state index < -0.39 is 39.4 Å². The maximum absolute atomic E-state index is 14.5. The molecule has 202 valence electrons. The van der Waals surface area contributed by atoms with Gasteiger partial charge in [-0.1, -0.05) is 42.1 Å². The molecule has 1 aliphatic carbocycles. The maximum atomic E-state index is 14.5. The predicted molar refractivity (Wildman–Crippen MR) is 143 cm³/mol. The first kappa shape index (κ1) is 25.9. The Morgan fingerprint density at radius 2 is 1.70 bits per heavy atom. The van der Waals surface area contributed by atoms with Crippen LogP contribution in [0.4, 0.5) is 17.6 Å². The third-order valence-corrected chi connectivity index (χ3v) is 7.91. The fourth-order valence-corrected chi connectivity index (χ4v) is 5.99. The Hall–Kier alpha value is -4.31. The minimum absolute atomic E-state index is 0.0272. The molecule has 2 aromatic heterocycles. The molecule has 5 nitrogen and oxygen atoms in total. The molecule has 6 rings (SSSR count). The number of pyridine rings is 1. The van der Waals surface area contributed by atoms with Crippen LogP contribution in [-0.2, 0) is 19.0 Å². The zero-order valence-electron chi connectivity index (χ0n) is 20.6. The van der Waals surface area contributed by atoms with Gasteiger partial charge in [0.15, 0.2) is 11.3 Å². The molecule has 0 unspecified atom stereocenters. The van der Waals surface area contributed by atoms with Crippen LogP contribution in [0.15, 0.2) is 96.6 Å². The summed E-state index contributed by atoms with van der Waals surface area (Å²) in [4.78, 5) is 26.9. The van der Waals surface area contributed by atoms with Crippen LogP contribution in [0.2, 0.25) is 0 Å². The van der Waals surface area contributed by atoms with Crippen LogP contribution in [-0.4, -0.2) is 9.67 Å². The van der Waals surface area contributed by atoms with E-state index in [2.05, 4.69) is 0 Å². The summed E-state index contributed by atoms with van der Waals surface area (Å²) in [6, 6.07) is 17.2. The van der Waals surface area contributed by atoms with Gasteiger partial charge in [-0.3, -0.25) is 9.36 Å². The predicted octanol–water partition coefficient (Wildman–Crippen LogP) is 7.11. The average molecular weight is 566 g/mol. The quantitative estimate of drug-likeness (QED) is 0.236. The number of aryl methyl sites for hydroxylation is 2. The summed E-state index contributed by atoms with van der Waals surface area (Å²) in [5.74, 6) is -1.19. The standard InChI is InChI=1S/C30H19F4NO4S/c31-18-13-12-16-6-4-11-21-24(22(16)15-18)35(19-8-2-1-3-9-19)28(37)23-25(36)27(29(38)39-26(21)23)40-20-10-5-7-17(14-20)30(32,33)34/h1-3,5,7-10,12-15,36H,4,6,11H2. The first-order chi connectivity index (χ1) is 19.1. The van der Waals surface area contributed by atoms with Gasteiger partial charge in [-0.2, -0.15) is 13.2 Å². The number of hydrogen-bond donors (Lipinski definition) is 1. The number of hydrogen-bond acceptors (Lipinski definition) is 5. The number of benzene rings is 3. The van der Waals surface area contributed by atoms with E-state index in [0.717, 1.165) is 17.7 Å². The zero-order chi connectivity index (χ0) is 28.2. The summed E-state index contributed by atoms with van der Waals surface area (Å²) in [5.41, 5.74) is -0.237. The first-order valence-electron chi connectivity index (χ1n) is 12.3. The van der Waals surface area contributed by atoms with E-state index in [1.165, 1.54) is 28.8 Å². The highest BCUT2D eigenvalue weighted by Gasteiger charge is 2.32. The van der Waals surface area contributed by atoms with Gasteiger partial charge in [0.1, 0.15) is 16.1 Å². The molecule has 0 saturated heterocycles. The van der Waals surface area contributed by atoms with Crippen LogP contribution >= 0.6 is 11.8 Å². The largest absolute Gasteiger partial charge is 0.505 e. The van der Waals surface area contributed by atoms with Crippen LogP contribution < -0.4 is 11.2 Å². The van der Waals surface area contributed by atoms with Crippen molar-refractivity contribution in [3.05, 3.63) is 116 Å². The number of aromatic nitrogens is 1. The van der Waals surface area contributed by atoms with Crippen molar-refractivity contribution in [3.63, 3.8) is 0 Å². The topological polar surface area (TPSA) is 72.4 Å². The van der Waals surface area contributed by atoms with Crippen molar-refractivity contribution in [3.8, 4) is 22.7 Å². The monoisotopic (exact) mass is 565 g/mol. The minimum atomic E-state index is -4.61. The number of nitrogens with zero attached hydrogens (tertiary/aromatic N) is 1. The molecule has 0 radical (unpaired) electrons. The number of fused-ring (bicyclic) bond motifs is 5. The average Bonchev–Trinajstić information content (AvgIpc) is 3.11. The highest BCUT2D eigenvalue weighted by Crippen LogP contribution is 2.42. The Kier molecular flexibility index (Phi) is 6.29. The highest BCUT2D eigenvalue weighted by atomic mass is 32.2. The smallest absolute Gasteiger partial charge is 0.416 e. The molecule has 0 saturated carbocycles. The van der Waals surface area contributed by atoms with Crippen molar-refractivity contribution in [1.29, 1.82) is 0 Å². The van der Waals surface area contributed by atoms with Crippen LogP contribution in [0.3, 0.4) is 0 Å². The minimum Gasteiger partial charge on any atom is -0.505 e. The second-order valence-corrected chi connectivity index (χ2v) is 10.4. The van der Waals surface area contributed by atoms with E-state index in [9.17, 15) is 32.3 Å². The van der Waals surface area contributed by atoms with E-state index >= 15 is 0 Å². The van der Waals surface area contributed by atoms with E-state index in [1.807, 2.05) is 0 Å². The van der Waals surface area contributed by atoms with Crippen LogP contribution in [0.25, 0.3) is 27.9 Å². The van der Waals surface area contributed by atoms with Gasteiger partial charge in [0.25, 0.3) is 5.56 Å². The lowest BCUT2D eigenvalue weighted by Crippen LogP contribution is -2.23. The lowest BCUT2D eigenvalue weighted by molar-refractivity contribution is -0.137. The number of aromatic hydroxyl groups is 1. The molecule has 3 aromatic carbocycles. The molecule has 2 heterocycles. The Morgan fingerprint density at radius 3 is 2.45 bits per heavy atom. The van der Waals surface area contributed by atoms with Gasteiger partial charge in [0.2, 0.25) is 0 Å². The molecule has 0 bridgehead atoms. The Bertz CT molecular complexity index is 1910. The lowest BCUT2D eigenvalue weighted by Gasteiger charge is -2.20. The molecule has 40 heavy (non-hydrogen) atoms. The molecule has 10 heteroatoms. The third kappa shape index (κ3) is 4.38. The van der Waals surface area contributed by atoms with E-state index in [1.54, 1.807) is 36.4 Å². The van der Waals surface area contributed by atoms with Gasteiger partial charge in [0, 0.05) is 21.7 Å². The van der Waals surface area contributed by atoms with Crippen molar-refractivity contribution in [2.24, 2.45) is 0 Å². The van der Waals surface area contributed by atoms with Crippen molar-refractivity contribution in [2.75, 3.05) is 0 Å². The SMILES string of the molecule is O=c1oc2c3c(n(-c4ccccc4)c(=O)c2c(O)c1Sc1cccc(C(F)(F)F)c1)-c1cc(F)ccc1CCC3. The highest BCUT2D eigenvalue weighted by molar-refractivity contribution is 7.99. The number of rotatable bonds is 3. The van der Waals surface area contributed by atoms with Crippen LogP contribution in [0.1, 0.15) is 23.1 Å². The van der Waals surface area contributed by atoms with Crippen molar-refractivity contribution < 1.29 is 27.1 Å². The van der Waals surface area contributed by atoms with Crippen LogP contribution in [0.5, 0.6) is 5.75 Å². The van der Waals surface area contributed by atoms with Gasteiger partial charge in [-0.05, 0) is 67.3 Å². The summed E-state index contributed by atoms with van der Waals surface area (Å²) in [6.07, 6.45) is -3.07. The second-order valence-electron chi connectivity index (χ2n) is 9.36. The van der Waals surface area contributed by atoms with Crippen molar-refractivity contribution >= 4 is 22.7 Å². The molecule has 5 aromatic rings. The Balaban J connectivity index is 1.67. The van der Waals surface area contributed by atoms with Gasteiger partial charge in [0.05, 0.1) is 11.3 Å². The molecule has 0 aliphatic heterocycles. The molecular formula is C30H19F4NO4S. The maximum Gasteiger partial charge on any atom is 0.416 e. The Morgan fingerprint density at radius 1 is 0.925 bits per heavy atom. The van der Waals surface area contributed by atoms with Crippen molar-refractivity contribution in [2.45, 2.75) is 35.2 Å². The molecule has 0 fully saturated rings. The van der Waals surface area contributed by atoms with E-state index in [4.69, 9.17) is 4.42 Å². The van der Waals surface area contributed by atoms with Gasteiger partial charge in [-0.25, -0.2) is 9.18 Å². The Labute approximate surface area is 228 Å². The third-order valence-electron chi connectivity index (χ3n) is 6.86. The molecule has 1 aliphatic rings. The number of alkyl halides is 3. The number of para-hydroxylation sites is 1. The summed E-state index contributed by atoms with van der Waals surface area (Å²) in [6.45, 7) is 0. The van der Waals surface area contributed by atoms with E-state index in [0.29, 0.717) is 53.5 Å². The first-order valence-corrected chi connectivity index (χ1v) is 13.1. The molecular weight excluding hydrogens is 546 g/mol. The molecule has 0 amide bonds. The molecule has 0 spiro atoms.